The summed E-state index contributed by atoms with van der Waals surface area (Å²) in [6.07, 6.45) is 1.85. The zero-order valence-corrected chi connectivity index (χ0v) is 10.9. The van der Waals surface area contributed by atoms with Crippen LogP contribution in [0.4, 0.5) is 0 Å². The Morgan fingerprint density at radius 3 is 2.69 bits per heavy atom. The SMILES string of the molecule is NCc1cnc(CSc2ccc(Cl)cc2)s1. The van der Waals surface area contributed by atoms with E-state index in [0.717, 1.165) is 20.7 Å². The van der Waals surface area contributed by atoms with Crippen LogP contribution in [0.2, 0.25) is 5.02 Å². The second-order valence-electron chi connectivity index (χ2n) is 3.17. The molecule has 0 aliphatic carbocycles. The van der Waals surface area contributed by atoms with Crippen LogP contribution in [0, 0.1) is 0 Å². The van der Waals surface area contributed by atoms with Gasteiger partial charge in [-0.05, 0) is 24.3 Å². The average molecular weight is 271 g/mol. The molecule has 0 radical (unpaired) electrons. The molecule has 5 heteroatoms. The van der Waals surface area contributed by atoms with Crippen LogP contribution in [0.5, 0.6) is 0 Å². The van der Waals surface area contributed by atoms with E-state index in [1.165, 1.54) is 4.90 Å². The molecule has 1 aromatic heterocycles. The van der Waals surface area contributed by atoms with Gasteiger partial charge in [-0.25, -0.2) is 4.98 Å². The van der Waals surface area contributed by atoms with Crippen molar-refractivity contribution in [1.29, 1.82) is 0 Å². The summed E-state index contributed by atoms with van der Waals surface area (Å²) in [6.45, 7) is 0.573. The lowest BCUT2D eigenvalue weighted by Gasteiger charge is -1.98. The molecule has 0 unspecified atom stereocenters. The molecule has 0 fully saturated rings. The van der Waals surface area contributed by atoms with Crippen LogP contribution in [0.1, 0.15) is 9.88 Å². The van der Waals surface area contributed by atoms with Gasteiger partial charge in [-0.1, -0.05) is 11.6 Å². The second-order valence-corrected chi connectivity index (χ2v) is 5.85. The van der Waals surface area contributed by atoms with E-state index in [1.54, 1.807) is 23.1 Å². The molecule has 0 saturated heterocycles. The largest absolute Gasteiger partial charge is 0.326 e. The minimum absolute atomic E-state index is 0.573. The van der Waals surface area contributed by atoms with Gasteiger partial charge in [0, 0.05) is 27.5 Å². The number of halogens is 1. The van der Waals surface area contributed by atoms with Crippen LogP contribution >= 0.6 is 34.7 Å². The molecule has 1 aromatic carbocycles. The first kappa shape index (κ1) is 11.9. The van der Waals surface area contributed by atoms with Crippen LogP contribution in [0.25, 0.3) is 0 Å². The quantitative estimate of drug-likeness (QED) is 0.864. The molecule has 2 nitrogen and oxygen atoms in total. The van der Waals surface area contributed by atoms with E-state index in [-0.39, 0.29) is 0 Å². The van der Waals surface area contributed by atoms with Gasteiger partial charge in [-0.15, -0.1) is 23.1 Å². The fraction of sp³-hybridized carbons (Fsp3) is 0.182. The lowest BCUT2D eigenvalue weighted by Crippen LogP contribution is -1.91. The molecule has 0 bridgehead atoms. The predicted molar refractivity (Wildman–Crippen MR) is 71.0 cm³/mol. The van der Waals surface area contributed by atoms with Crippen molar-refractivity contribution in [1.82, 2.24) is 4.98 Å². The smallest absolute Gasteiger partial charge is 0.103 e. The molecular formula is C11H11ClN2S2. The van der Waals surface area contributed by atoms with Gasteiger partial charge in [-0.3, -0.25) is 0 Å². The molecule has 2 aromatic rings. The number of hydrogen-bond donors (Lipinski definition) is 1. The highest BCUT2D eigenvalue weighted by Gasteiger charge is 2.01. The van der Waals surface area contributed by atoms with Crippen LogP contribution in [0.15, 0.2) is 35.4 Å². The van der Waals surface area contributed by atoms with Crippen molar-refractivity contribution in [2.75, 3.05) is 0 Å². The summed E-state index contributed by atoms with van der Waals surface area (Å²) in [4.78, 5) is 6.65. The summed E-state index contributed by atoms with van der Waals surface area (Å²) in [5.74, 6) is 0.881. The highest BCUT2D eigenvalue weighted by molar-refractivity contribution is 7.98. The summed E-state index contributed by atoms with van der Waals surface area (Å²) < 4.78 is 0. The first-order valence-electron chi connectivity index (χ1n) is 4.80. The van der Waals surface area contributed by atoms with Crippen molar-refractivity contribution in [3.63, 3.8) is 0 Å². The second kappa shape index (κ2) is 5.68. The van der Waals surface area contributed by atoms with Gasteiger partial charge in [0.1, 0.15) is 5.01 Å². The molecule has 2 rings (SSSR count). The number of rotatable bonds is 4. The fourth-order valence-electron chi connectivity index (χ4n) is 1.19. The Morgan fingerprint density at radius 2 is 2.06 bits per heavy atom. The summed E-state index contributed by atoms with van der Waals surface area (Å²) in [5, 5.41) is 1.88. The van der Waals surface area contributed by atoms with Gasteiger partial charge in [-0.2, -0.15) is 0 Å². The summed E-state index contributed by atoms with van der Waals surface area (Å²) in [7, 11) is 0. The summed E-state index contributed by atoms with van der Waals surface area (Å²) in [5.41, 5.74) is 5.54. The van der Waals surface area contributed by atoms with E-state index in [0.29, 0.717) is 6.54 Å². The Balaban J connectivity index is 1.94. The normalized spacial score (nSPS) is 10.6. The Morgan fingerprint density at radius 1 is 1.31 bits per heavy atom. The lowest BCUT2D eigenvalue weighted by atomic mass is 10.4. The van der Waals surface area contributed by atoms with Gasteiger partial charge in [0.15, 0.2) is 0 Å². The maximum absolute atomic E-state index is 5.82. The third-order valence-corrected chi connectivity index (χ3v) is 4.46. The van der Waals surface area contributed by atoms with E-state index in [9.17, 15) is 0 Å². The van der Waals surface area contributed by atoms with Crippen molar-refractivity contribution in [2.24, 2.45) is 5.73 Å². The van der Waals surface area contributed by atoms with E-state index in [1.807, 2.05) is 30.5 Å². The third kappa shape index (κ3) is 3.22. The van der Waals surface area contributed by atoms with E-state index in [4.69, 9.17) is 17.3 Å². The third-order valence-electron chi connectivity index (χ3n) is 1.98. The highest BCUT2D eigenvalue weighted by Crippen LogP contribution is 2.26. The van der Waals surface area contributed by atoms with Crippen LogP contribution in [0.3, 0.4) is 0 Å². The molecule has 0 aliphatic heterocycles. The Hall–Kier alpha value is -0.550. The van der Waals surface area contributed by atoms with Gasteiger partial charge in [0.05, 0.1) is 5.75 Å². The number of benzene rings is 1. The van der Waals surface area contributed by atoms with Crippen LogP contribution < -0.4 is 5.73 Å². The monoisotopic (exact) mass is 270 g/mol. The van der Waals surface area contributed by atoms with Gasteiger partial charge in [0.25, 0.3) is 0 Å². The zero-order chi connectivity index (χ0) is 11.4. The molecule has 0 atom stereocenters. The fourth-order valence-corrected chi connectivity index (χ4v) is 3.01. The van der Waals surface area contributed by atoms with Gasteiger partial charge in [0.2, 0.25) is 0 Å². The molecule has 0 spiro atoms. The minimum Gasteiger partial charge on any atom is -0.326 e. The molecular weight excluding hydrogens is 260 g/mol. The zero-order valence-electron chi connectivity index (χ0n) is 8.52. The van der Waals surface area contributed by atoms with Crippen LogP contribution in [-0.4, -0.2) is 4.98 Å². The Bertz CT molecular complexity index is 453. The number of thioether (sulfide) groups is 1. The van der Waals surface area contributed by atoms with Crippen LogP contribution in [-0.2, 0) is 12.3 Å². The highest BCUT2D eigenvalue weighted by atomic mass is 35.5. The number of thiazole rings is 1. The van der Waals surface area contributed by atoms with Crippen molar-refractivity contribution < 1.29 is 0 Å². The van der Waals surface area contributed by atoms with E-state index >= 15 is 0 Å². The molecule has 0 aliphatic rings. The van der Waals surface area contributed by atoms with E-state index in [2.05, 4.69) is 4.98 Å². The lowest BCUT2D eigenvalue weighted by molar-refractivity contribution is 1.09. The number of nitrogens with zero attached hydrogens (tertiary/aromatic N) is 1. The maximum atomic E-state index is 5.82. The topological polar surface area (TPSA) is 38.9 Å². The number of nitrogens with two attached hydrogens (primary N) is 1. The molecule has 84 valence electrons. The molecule has 16 heavy (non-hydrogen) atoms. The summed E-state index contributed by atoms with van der Waals surface area (Å²) in [6, 6.07) is 7.84. The van der Waals surface area contributed by atoms with Gasteiger partial charge >= 0.3 is 0 Å². The maximum Gasteiger partial charge on any atom is 0.103 e. The molecule has 1 heterocycles. The average Bonchev–Trinajstić information content (AvgIpc) is 2.76. The molecule has 2 N–H and O–H groups in total. The van der Waals surface area contributed by atoms with Crippen molar-refractivity contribution in [3.8, 4) is 0 Å². The predicted octanol–water partition coefficient (Wildman–Crippen LogP) is 3.55. The molecule has 0 amide bonds. The Kier molecular flexibility index (Phi) is 4.23. The van der Waals surface area contributed by atoms with Gasteiger partial charge < -0.3 is 5.73 Å². The summed E-state index contributed by atoms with van der Waals surface area (Å²) >= 11 is 9.24. The molecule has 0 saturated carbocycles. The van der Waals surface area contributed by atoms with Crippen molar-refractivity contribution in [2.45, 2.75) is 17.2 Å². The standard InChI is InChI=1S/C11H11ClN2S2/c12-8-1-3-9(4-2-8)15-7-11-14-6-10(5-13)16-11/h1-4,6H,5,7,13H2. The number of aromatic nitrogens is 1. The Labute approximate surface area is 108 Å². The number of hydrogen-bond acceptors (Lipinski definition) is 4. The first-order chi connectivity index (χ1) is 7.78. The first-order valence-corrected chi connectivity index (χ1v) is 6.98. The van der Waals surface area contributed by atoms with E-state index < -0.39 is 0 Å². The van der Waals surface area contributed by atoms with Crippen molar-refractivity contribution >= 4 is 34.7 Å². The minimum atomic E-state index is 0.573. The van der Waals surface area contributed by atoms with Crippen molar-refractivity contribution in [3.05, 3.63) is 45.4 Å².